The highest BCUT2D eigenvalue weighted by Gasteiger charge is 2.49. The fraction of sp³-hybridized carbons (Fsp3) is 0.273. The summed E-state index contributed by atoms with van der Waals surface area (Å²) >= 11 is 0. The lowest BCUT2D eigenvalue weighted by Gasteiger charge is -2.15. The zero-order chi connectivity index (χ0) is 13.1. The van der Waals surface area contributed by atoms with Gasteiger partial charge in [-0.15, -0.1) is 0 Å². The molecular formula is C11H9F3O3. The van der Waals surface area contributed by atoms with Gasteiger partial charge in [0.1, 0.15) is 5.75 Å². The minimum absolute atomic E-state index is 0.0343. The number of rotatable bonds is 3. The molecule has 6 heteroatoms. The van der Waals surface area contributed by atoms with Crippen LogP contribution in [0.3, 0.4) is 0 Å². The second-order valence-corrected chi connectivity index (χ2v) is 3.32. The van der Waals surface area contributed by atoms with Crippen molar-refractivity contribution in [3.8, 4) is 5.75 Å². The number of hydrogen-bond acceptors (Lipinski definition) is 3. The maximum Gasteiger partial charge on any atom is 0.409 e. The topological polar surface area (TPSA) is 43.4 Å². The molecule has 1 unspecified atom stereocenters. The quantitative estimate of drug-likeness (QED) is 0.467. The van der Waals surface area contributed by atoms with Crippen LogP contribution in [0.4, 0.5) is 13.2 Å². The van der Waals surface area contributed by atoms with Gasteiger partial charge in [0.15, 0.2) is 5.78 Å². The molecule has 0 amide bonds. The smallest absolute Gasteiger partial charge is 0.409 e. The van der Waals surface area contributed by atoms with E-state index in [4.69, 9.17) is 0 Å². The molecule has 0 fully saturated rings. The minimum atomic E-state index is -4.93. The van der Waals surface area contributed by atoms with Gasteiger partial charge < -0.3 is 4.74 Å². The van der Waals surface area contributed by atoms with Crippen molar-refractivity contribution in [3.05, 3.63) is 30.3 Å². The van der Waals surface area contributed by atoms with Crippen LogP contribution in [-0.4, -0.2) is 17.9 Å². The Bertz CT molecular complexity index is 412. The summed E-state index contributed by atoms with van der Waals surface area (Å²) in [5.74, 6) is -5.68. The number of halogens is 3. The lowest BCUT2D eigenvalue weighted by Crippen LogP contribution is -2.38. The molecule has 0 aliphatic rings. The van der Waals surface area contributed by atoms with Crippen molar-refractivity contribution in [1.82, 2.24) is 0 Å². The molecule has 0 aromatic heterocycles. The van der Waals surface area contributed by atoms with Crippen molar-refractivity contribution in [3.63, 3.8) is 0 Å². The van der Waals surface area contributed by atoms with Gasteiger partial charge in [0.25, 0.3) is 0 Å². The minimum Gasteiger partial charge on any atom is -0.426 e. The predicted molar refractivity (Wildman–Crippen MR) is 52.3 cm³/mol. The summed E-state index contributed by atoms with van der Waals surface area (Å²) in [6, 6.07) is 7.26. The van der Waals surface area contributed by atoms with Crippen LogP contribution < -0.4 is 4.74 Å². The number of carbonyl (C=O) groups is 2. The standard InChI is InChI=1S/C11H9F3O3/c1-7(15)9(11(12,13)14)10(16)17-8-5-3-2-4-6-8/h2-6,9H,1H3. The van der Waals surface area contributed by atoms with Gasteiger partial charge in [0.05, 0.1) is 0 Å². The van der Waals surface area contributed by atoms with Crippen LogP contribution in [0, 0.1) is 5.92 Å². The first kappa shape index (κ1) is 13.2. The summed E-state index contributed by atoms with van der Waals surface area (Å²) in [7, 11) is 0. The number of esters is 1. The molecule has 0 aliphatic heterocycles. The van der Waals surface area contributed by atoms with E-state index in [1.54, 1.807) is 6.07 Å². The highest BCUT2D eigenvalue weighted by Crippen LogP contribution is 2.28. The number of ether oxygens (including phenoxy) is 1. The third-order valence-electron chi connectivity index (χ3n) is 1.93. The van der Waals surface area contributed by atoms with E-state index in [0.717, 1.165) is 0 Å². The predicted octanol–water partition coefficient (Wildman–Crippen LogP) is 2.36. The molecule has 1 aromatic rings. The number of Topliss-reactive ketones (excluding diaryl/α,β-unsaturated/α-hetero) is 1. The van der Waals surface area contributed by atoms with Crippen molar-refractivity contribution >= 4 is 11.8 Å². The zero-order valence-corrected chi connectivity index (χ0v) is 8.82. The summed E-state index contributed by atoms with van der Waals surface area (Å²) < 4.78 is 41.7. The Balaban J connectivity index is 2.84. The van der Waals surface area contributed by atoms with E-state index in [1.807, 2.05) is 0 Å². The van der Waals surface area contributed by atoms with E-state index in [9.17, 15) is 22.8 Å². The molecule has 92 valence electrons. The second-order valence-electron chi connectivity index (χ2n) is 3.32. The van der Waals surface area contributed by atoms with Crippen molar-refractivity contribution in [1.29, 1.82) is 0 Å². The van der Waals surface area contributed by atoms with E-state index in [1.165, 1.54) is 24.3 Å². The van der Waals surface area contributed by atoms with Crippen LogP contribution in [0.25, 0.3) is 0 Å². The number of carbonyl (C=O) groups excluding carboxylic acids is 2. The number of hydrogen-bond donors (Lipinski definition) is 0. The molecule has 0 saturated carbocycles. The monoisotopic (exact) mass is 246 g/mol. The molecular weight excluding hydrogens is 237 g/mol. The largest absolute Gasteiger partial charge is 0.426 e. The molecule has 17 heavy (non-hydrogen) atoms. The highest BCUT2D eigenvalue weighted by atomic mass is 19.4. The van der Waals surface area contributed by atoms with Gasteiger partial charge in [0.2, 0.25) is 5.92 Å². The molecule has 0 bridgehead atoms. The van der Waals surface area contributed by atoms with Crippen molar-refractivity contribution in [2.75, 3.05) is 0 Å². The summed E-state index contributed by atoms with van der Waals surface area (Å²) in [5, 5.41) is 0. The van der Waals surface area contributed by atoms with Crippen LogP contribution in [0.5, 0.6) is 5.75 Å². The lowest BCUT2D eigenvalue weighted by atomic mass is 10.1. The van der Waals surface area contributed by atoms with Gasteiger partial charge in [-0.2, -0.15) is 13.2 Å². The molecule has 0 radical (unpaired) electrons. The SMILES string of the molecule is CC(=O)C(C(=O)Oc1ccccc1)C(F)(F)F. The molecule has 0 spiro atoms. The second kappa shape index (κ2) is 4.99. The Morgan fingerprint density at radius 1 is 1.18 bits per heavy atom. The Kier molecular flexibility index (Phi) is 3.88. The first-order chi connectivity index (χ1) is 7.82. The van der Waals surface area contributed by atoms with E-state index >= 15 is 0 Å². The third kappa shape index (κ3) is 3.58. The molecule has 1 atom stereocenters. The molecule has 0 N–H and O–H groups in total. The average Bonchev–Trinajstić information content (AvgIpc) is 2.15. The van der Waals surface area contributed by atoms with Gasteiger partial charge in [-0.05, 0) is 19.1 Å². The summed E-state index contributed by atoms with van der Waals surface area (Å²) in [6.07, 6.45) is -4.93. The Labute approximate surface area is 95.2 Å². The molecule has 1 rings (SSSR count). The van der Waals surface area contributed by atoms with E-state index in [0.29, 0.717) is 6.92 Å². The van der Waals surface area contributed by atoms with Crippen LogP contribution in [0.15, 0.2) is 30.3 Å². The number of alkyl halides is 3. The van der Waals surface area contributed by atoms with Gasteiger partial charge in [-0.25, -0.2) is 0 Å². The van der Waals surface area contributed by atoms with Gasteiger partial charge in [-0.3, -0.25) is 9.59 Å². The van der Waals surface area contributed by atoms with Crippen molar-refractivity contribution in [2.24, 2.45) is 5.92 Å². The average molecular weight is 246 g/mol. The highest BCUT2D eigenvalue weighted by molar-refractivity contribution is 5.99. The van der Waals surface area contributed by atoms with Crippen LogP contribution in [-0.2, 0) is 9.59 Å². The maximum absolute atomic E-state index is 12.4. The molecule has 0 saturated heterocycles. The van der Waals surface area contributed by atoms with E-state index in [-0.39, 0.29) is 5.75 Å². The lowest BCUT2D eigenvalue weighted by molar-refractivity contribution is -0.192. The number of para-hydroxylation sites is 1. The van der Waals surface area contributed by atoms with Crippen molar-refractivity contribution in [2.45, 2.75) is 13.1 Å². The van der Waals surface area contributed by atoms with Gasteiger partial charge in [0, 0.05) is 0 Å². The Hall–Kier alpha value is -1.85. The molecule has 3 nitrogen and oxygen atoms in total. The maximum atomic E-state index is 12.4. The van der Waals surface area contributed by atoms with Crippen LogP contribution in [0.2, 0.25) is 0 Å². The first-order valence-corrected chi connectivity index (χ1v) is 4.66. The summed E-state index contributed by atoms with van der Waals surface area (Å²) in [5.41, 5.74) is 0. The number of ketones is 1. The fourth-order valence-corrected chi connectivity index (χ4v) is 1.19. The van der Waals surface area contributed by atoms with Crippen LogP contribution >= 0.6 is 0 Å². The van der Waals surface area contributed by atoms with Gasteiger partial charge >= 0.3 is 12.1 Å². The van der Waals surface area contributed by atoms with E-state index in [2.05, 4.69) is 4.74 Å². The fourth-order valence-electron chi connectivity index (χ4n) is 1.19. The Morgan fingerprint density at radius 2 is 1.71 bits per heavy atom. The van der Waals surface area contributed by atoms with E-state index < -0.39 is 23.8 Å². The van der Waals surface area contributed by atoms with Gasteiger partial charge in [-0.1, -0.05) is 18.2 Å². The Morgan fingerprint density at radius 3 is 2.12 bits per heavy atom. The van der Waals surface area contributed by atoms with Crippen molar-refractivity contribution < 1.29 is 27.5 Å². The first-order valence-electron chi connectivity index (χ1n) is 4.66. The third-order valence-corrected chi connectivity index (χ3v) is 1.93. The normalized spacial score (nSPS) is 12.9. The van der Waals surface area contributed by atoms with Crippen LogP contribution in [0.1, 0.15) is 6.92 Å². The molecule has 0 aliphatic carbocycles. The molecule has 1 aromatic carbocycles. The molecule has 0 heterocycles. The zero-order valence-electron chi connectivity index (χ0n) is 8.82. The summed E-state index contributed by atoms with van der Waals surface area (Å²) in [6.45, 7) is 0.699. The summed E-state index contributed by atoms with van der Waals surface area (Å²) in [4.78, 5) is 22.0. The number of benzene rings is 1.